The molecule has 2 aromatic rings. The summed E-state index contributed by atoms with van der Waals surface area (Å²) in [6.45, 7) is 0.776. The second kappa shape index (κ2) is 4.19. The SMILES string of the molecule is Cn1nc(-c2cc3c(cc2Cl)COCO3)cc1N. The molecule has 5 nitrogen and oxygen atoms in total. The maximum absolute atomic E-state index is 6.26. The normalized spacial score (nSPS) is 14.1. The van der Waals surface area contributed by atoms with E-state index < -0.39 is 0 Å². The van der Waals surface area contributed by atoms with Crippen molar-refractivity contribution in [3.8, 4) is 17.0 Å². The van der Waals surface area contributed by atoms with Gasteiger partial charge in [0.05, 0.1) is 17.3 Å². The maximum Gasteiger partial charge on any atom is 0.189 e. The zero-order valence-corrected chi connectivity index (χ0v) is 10.6. The second-order valence-electron chi connectivity index (χ2n) is 4.13. The molecule has 0 unspecified atom stereocenters. The van der Waals surface area contributed by atoms with Gasteiger partial charge in [0.1, 0.15) is 11.6 Å². The van der Waals surface area contributed by atoms with Gasteiger partial charge in [-0.1, -0.05) is 11.6 Å². The highest BCUT2D eigenvalue weighted by Crippen LogP contribution is 2.35. The van der Waals surface area contributed by atoms with Gasteiger partial charge in [-0.2, -0.15) is 5.10 Å². The highest BCUT2D eigenvalue weighted by Gasteiger charge is 2.16. The Balaban J connectivity index is 2.11. The smallest absolute Gasteiger partial charge is 0.189 e. The molecule has 1 aromatic heterocycles. The van der Waals surface area contributed by atoms with E-state index in [-0.39, 0.29) is 6.79 Å². The monoisotopic (exact) mass is 265 g/mol. The highest BCUT2D eigenvalue weighted by atomic mass is 35.5. The fourth-order valence-electron chi connectivity index (χ4n) is 1.91. The molecule has 0 saturated heterocycles. The van der Waals surface area contributed by atoms with E-state index in [1.54, 1.807) is 17.8 Å². The summed E-state index contributed by atoms with van der Waals surface area (Å²) in [4.78, 5) is 0. The van der Waals surface area contributed by atoms with Gasteiger partial charge in [0.15, 0.2) is 6.79 Å². The number of fused-ring (bicyclic) bond motifs is 1. The Morgan fingerprint density at radius 1 is 1.39 bits per heavy atom. The summed E-state index contributed by atoms with van der Waals surface area (Å²) in [5.74, 6) is 1.37. The van der Waals surface area contributed by atoms with Gasteiger partial charge in [-0.15, -0.1) is 0 Å². The van der Waals surface area contributed by atoms with Crippen molar-refractivity contribution >= 4 is 17.4 Å². The molecule has 6 heteroatoms. The van der Waals surface area contributed by atoms with Crippen LogP contribution in [0, 0.1) is 0 Å². The first-order valence-corrected chi connectivity index (χ1v) is 5.86. The molecular weight excluding hydrogens is 254 g/mol. The molecule has 3 rings (SSSR count). The van der Waals surface area contributed by atoms with E-state index in [9.17, 15) is 0 Å². The van der Waals surface area contributed by atoms with E-state index in [1.807, 2.05) is 12.1 Å². The number of nitrogen functional groups attached to an aromatic ring is 1. The van der Waals surface area contributed by atoms with Crippen LogP contribution in [0.4, 0.5) is 5.82 Å². The van der Waals surface area contributed by atoms with Gasteiger partial charge in [0.25, 0.3) is 0 Å². The van der Waals surface area contributed by atoms with Gasteiger partial charge in [-0.25, -0.2) is 0 Å². The first-order chi connectivity index (χ1) is 8.65. The zero-order chi connectivity index (χ0) is 12.7. The van der Waals surface area contributed by atoms with Crippen LogP contribution >= 0.6 is 11.6 Å². The van der Waals surface area contributed by atoms with Crippen LogP contribution in [0.1, 0.15) is 5.56 Å². The summed E-state index contributed by atoms with van der Waals surface area (Å²) in [6, 6.07) is 5.51. The zero-order valence-electron chi connectivity index (χ0n) is 9.81. The van der Waals surface area contributed by atoms with Crippen LogP contribution in [0.25, 0.3) is 11.3 Å². The number of halogens is 1. The Bertz CT molecular complexity index is 590. The van der Waals surface area contributed by atoms with Crippen molar-refractivity contribution < 1.29 is 9.47 Å². The molecule has 0 aliphatic carbocycles. The van der Waals surface area contributed by atoms with Crippen LogP contribution < -0.4 is 10.5 Å². The van der Waals surface area contributed by atoms with Gasteiger partial charge in [0, 0.05) is 24.2 Å². The number of aryl methyl sites for hydroxylation is 1. The van der Waals surface area contributed by atoms with E-state index in [0.717, 1.165) is 22.6 Å². The number of aromatic nitrogens is 2. The Kier molecular flexibility index (Phi) is 2.65. The number of benzene rings is 1. The van der Waals surface area contributed by atoms with Crippen LogP contribution in [0.2, 0.25) is 5.02 Å². The highest BCUT2D eigenvalue weighted by molar-refractivity contribution is 6.33. The van der Waals surface area contributed by atoms with Gasteiger partial charge in [0.2, 0.25) is 0 Å². The van der Waals surface area contributed by atoms with Crippen LogP contribution in [0.15, 0.2) is 18.2 Å². The van der Waals surface area contributed by atoms with Gasteiger partial charge >= 0.3 is 0 Å². The largest absolute Gasteiger partial charge is 0.467 e. The number of anilines is 1. The maximum atomic E-state index is 6.26. The Labute approximate surface area is 109 Å². The second-order valence-corrected chi connectivity index (χ2v) is 4.54. The summed E-state index contributed by atoms with van der Waals surface area (Å²) in [6.07, 6.45) is 0. The van der Waals surface area contributed by atoms with Crippen molar-refractivity contribution in [3.05, 3.63) is 28.8 Å². The number of hydrogen-bond donors (Lipinski definition) is 1. The molecule has 1 aliphatic rings. The first kappa shape index (κ1) is 11.4. The average Bonchev–Trinajstić information content (AvgIpc) is 2.68. The molecule has 0 bridgehead atoms. The molecule has 1 aliphatic heterocycles. The van der Waals surface area contributed by atoms with E-state index in [2.05, 4.69) is 5.10 Å². The molecular formula is C12H12ClN3O2. The van der Waals surface area contributed by atoms with Crippen LogP contribution in [0.3, 0.4) is 0 Å². The van der Waals surface area contributed by atoms with E-state index in [0.29, 0.717) is 17.4 Å². The van der Waals surface area contributed by atoms with E-state index >= 15 is 0 Å². The summed E-state index contributed by atoms with van der Waals surface area (Å²) >= 11 is 6.26. The molecule has 2 heterocycles. The van der Waals surface area contributed by atoms with Crippen LogP contribution in [-0.4, -0.2) is 16.6 Å². The standard InChI is InChI=1S/C12H12ClN3O2/c1-16-12(14)4-10(15-16)8-3-11-7(2-9(8)13)5-17-6-18-11/h2-4H,5-6,14H2,1H3. The topological polar surface area (TPSA) is 62.3 Å². The Morgan fingerprint density at radius 3 is 2.94 bits per heavy atom. The minimum atomic E-state index is 0.262. The van der Waals surface area contributed by atoms with Gasteiger partial charge < -0.3 is 15.2 Å². The third-order valence-corrected chi connectivity index (χ3v) is 3.21. The lowest BCUT2D eigenvalue weighted by Crippen LogP contribution is -2.11. The average molecular weight is 266 g/mol. The number of nitrogens with zero attached hydrogens (tertiary/aromatic N) is 2. The van der Waals surface area contributed by atoms with Crippen LogP contribution in [0.5, 0.6) is 5.75 Å². The number of hydrogen-bond acceptors (Lipinski definition) is 4. The Morgan fingerprint density at radius 2 is 2.22 bits per heavy atom. The quantitative estimate of drug-likeness (QED) is 0.859. The molecule has 1 aromatic carbocycles. The third-order valence-electron chi connectivity index (χ3n) is 2.90. The Hall–Kier alpha value is -1.72. The number of rotatable bonds is 1. The van der Waals surface area contributed by atoms with Crippen molar-refractivity contribution in [2.75, 3.05) is 12.5 Å². The van der Waals surface area contributed by atoms with E-state index in [1.165, 1.54) is 0 Å². The third kappa shape index (κ3) is 1.81. The summed E-state index contributed by atoms with van der Waals surface area (Å²) < 4.78 is 12.2. The minimum absolute atomic E-state index is 0.262. The van der Waals surface area contributed by atoms with Crippen molar-refractivity contribution in [1.82, 2.24) is 9.78 Å². The molecule has 0 amide bonds. The van der Waals surface area contributed by atoms with Crippen molar-refractivity contribution in [2.24, 2.45) is 7.05 Å². The predicted octanol–water partition coefficient (Wildman–Crippen LogP) is 2.19. The number of nitrogens with two attached hydrogens (primary N) is 1. The molecule has 0 atom stereocenters. The summed E-state index contributed by atoms with van der Waals surface area (Å²) in [5, 5.41) is 4.92. The molecule has 94 valence electrons. The van der Waals surface area contributed by atoms with Gasteiger partial charge in [-0.05, 0) is 12.1 Å². The van der Waals surface area contributed by atoms with Crippen molar-refractivity contribution in [1.29, 1.82) is 0 Å². The summed E-state index contributed by atoms with van der Waals surface area (Å²) in [5.41, 5.74) is 8.26. The molecule has 2 N–H and O–H groups in total. The lowest BCUT2D eigenvalue weighted by Gasteiger charge is -2.18. The summed E-state index contributed by atoms with van der Waals surface area (Å²) in [7, 11) is 1.79. The molecule has 0 saturated carbocycles. The number of ether oxygens (including phenoxy) is 2. The minimum Gasteiger partial charge on any atom is -0.467 e. The fourth-order valence-corrected chi connectivity index (χ4v) is 2.19. The first-order valence-electron chi connectivity index (χ1n) is 5.48. The van der Waals surface area contributed by atoms with Gasteiger partial charge in [-0.3, -0.25) is 4.68 Å². The fraction of sp³-hybridized carbons (Fsp3) is 0.250. The molecule has 0 spiro atoms. The molecule has 18 heavy (non-hydrogen) atoms. The van der Waals surface area contributed by atoms with E-state index in [4.69, 9.17) is 26.8 Å². The lowest BCUT2D eigenvalue weighted by atomic mass is 10.1. The predicted molar refractivity (Wildman–Crippen MR) is 68.4 cm³/mol. The van der Waals surface area contributed by atoms with Crippen LogP contribution in [-0.2, 0) is 18.4 Å². The molecule has 0 radical (unpaired) electrons. The van der Waals surface area contributed by atoms with Crippen molar-refractivity contribution in [2.45, 2.75) is 6.61 Å². The lowest BCUT2D eigenvalue weighted by molar-refractivity contribution is -0.0163. The molecule has 0 fully saturated rings. The van der Waals surface area contributed by atoms with Crippen molar-refractivity contribution in [3.63, 3.8) is 0 Å².